The quantitative estimate of drug-likeness (QED) is 0.0261. The van der Waals surface area contributed by atoms with E-state index in [1.165, 1.54) is 102 Å². The van der Waals surface area contributed by atoms with Crippen molar-refractivity contribution in [1.29, 1.82) is 0 Å². The summed E-state index contributed by atoms with van der Waals surface area (Å²) in [4.78, 5) is 1.55. The zero-order chi connectivity index (χ0) is 51.7. The zero-order valence-corrected chi connectivity index (χ0v) is 36.6. The lowest BCUT2D eigenvalue weighted by Gasteiger charge is -2.44. The van der Waals surface area contributed by atoms with Crippen molar-refractivity contribution < 1.29 is 92.7 Å². The van der Waals surface area contributed by atoms with Gasteiger partial charge in [-0.1, -0.05) is 102 Å². The van der Waals surface area contributed by atoms with Crippen LogP contribution in [-0.2, 0) is 0 Å². The molecule has 0 spiro atoms. The van der Waals surface area contributed by atoms with E-state index in [1.54, 1.807) is 4.90 Å². The van der Waals surface area contributed by atoms with Gasteiger partial charge < -0.3 is 4.90 Å². The van der Waals surface area contributed by atoms with E-state index < -0.39 is 144 Å². The second-order valence-electron chi connectivity index (χ2n) is 16.3. The van der Waals surface area contributed by atoms with E-state index in [2.05, 4.69) is 44.3 Å². The summed E-state index contributed by atoms with van der Waals surface area (Å²) < 4.78 is 294. The molecule has 1 N–H and O–H groups in total. The number of hydrogen-bond donors (Lipinski definition) is 1. The number of hydrogen-bond acceptors (Lipinski definition) is 0. The van der Waals surface area contributed by atoms with Gasteiger partial charge in [-0.05, 0) is 25.0 Å². The van der Waals surface area contributed by atoms with Gasteiger partial charge in [-0.2, -0.15) is 0 Å². The molecule has 0 aliphatic rings. The molecule has 1 atom stereocenters. The lowest BCUT2D eigenvalue weighted by atomic mass is 9.12. The van der Waals surface area contributed by atoms with Crippen molar-refractivity contribution in [3.8, 4) is 0 Å². The maximum atomic E-state index is 15.4. The van der Waals surface area contributed by atoms with E-state index in [1.807, 2.05) is 0 Å². The van der Waals surface area contributed by atoms with Gasteiger partial charge in [0, 0.05) is 0 Å². The highest BCUT2D eigenvalue weighted by molar-refractivity contribution is 7.20. The maximum Gasteiger partial charge on any atom is 0.200 e. The van der Waals surface area contributed by atoms with Crippen LogP contribution in [0.1, 0.15) is 96.8 Å². The highest BCUT2D eigenvalue weighted by Gasteiger charge is 2.52. The van der Waals surface area contributed by atoms with Crippen molar-refractivity contribution in [2.75, 3.05) is 13.6 Å². The molecule has 0 fully saturated rings. The minimum Gasteiger partial charge on any atom is -0.305 e. The topological polar surface area (TPSA) is 4.44 Å². The first kappa shape index (κ1) is 56.3. The van der Waals surface area contributed by atoms with Crippen LogP contribution in [0.15, 0.2) is 30.3 Å². The molecule has 378 valence electrons. The Bertz CT molecular complexity index is 2210. The third-order valence-electron chi connectivity index (χ3n) is 11.9. The lowest BCUT2D eigenvalue weighted by molar-refractivity contribution is -0.810. The van der Waals surface area contributed by atoms with Gasteiger partial charge in [0.05, 0.1) is 13.6 Å². The maximum absolute atomic E-state index is 15.4. The van der Waals surface area contributed by atoms with Crippen LogP contribution < -0.4 is 26.8 Å². The van der Waals surface area contributed by atoms with Gasteiger partial charge in [-0.15, -0.1) is 21.9 Å². The second kappa shape index (κ2) is 24.5. The third kappa shape index (κ3) is 11.4. The predicted octanol–water partition coefficient (Wildman–Crippen LogP) is 12.2. The summed E-state index contributed by atoms with van der Waals surface area (Å²) in [6, 6.07) is 10.9. The molecule has 69 heavy (non-hydrogen) atoms. The number of quaternary nitrogens is 1. The summed E-state index contributed by atoms with van der Waals surface area (Å²) in [5.74, 6) is -71.4. The summed E-state index contributed by atoms with van der Waals surface area (Å²) in [7, 11) is 2.29. The number of benzene rings is 5. The Kier molecular flexibility index (Phi) is 20.0. The van der Waals surface area contributed by atoms with E-state index in [9.17, 15) is 52.7 Å². The van der Waals surface area contributed by atoms with Gasteiger partial charge in [0.2, 0.25) is 0 Å². The Morgan fingerprint density at radius 3 is 0.725 bits per heavy atom. The monoisotopic (exact) mass is 1010 g/mol. The summed E-state index contributed by atoms with van der Waals surface area (Å²) >= 11 is 0. The molecule has 0 aliphatic carbocycles. The average Bonchev–Trinajstić information content (AvgIpc) is 3.34. The molecule has 5 aromatic carbocycles. The molecule has 0 saturated carbocycles. The van der Waals surface area contributed by atoms with Crippen LogP contribution in [0.2, 0.25) is 0 Å². The summed E-state index contributed by atoms with van der Waals surface area (Å²) in [6.45, 7) is 3.56. The Morgan fingerprint density at radius 2 is 0.493 bits per heavy atom. The first-order valence-electron chi connectivity index (χ1n) is 21.7. The van der Waals surface area contributed by atoms with Crippen LogP contribution >= 0.6 is 0 Å². The van der Waals surface area contributed by atoms with E-state index in [0.717, 1.165) is 0 Å². The smallest absolute Gasteiger partial charge is 0.200 e. The van der Waals surface area contributed by atoms with E-state index in [4.69, 9.17) is 0 Å². The zero-order valence-electron chi connectivity index (χ0n) is 36.6. The van der Waals surface area contributed by atoms with E-state index in [-0.39, 0.29) is 0 Å². The molecule has 0 amide bonds. The highest BCUT2D eigenvalue weighted by atomic mass is 19.2. The van der Waals surface area contributed by atoms with Crippen LogP contribution in [-0.4, -0.2) is 19.7 Å². The minimum absolute atomic E-state index is 1.27. The van der Waals surface area contributed by atoms with Gasteiger partial charge in [0.1, 0.15) is 58.4 Å². The summed E-state index contributed by atoms with van der Waals surface area (Å²) in [6.07, 6.45) is 12.9. The van der Waals surface area contributed by atoms with E-state index >= 15 is 35.1 Å². The van der Waals surface area contributed by atoms with Crippen molar-refractivity contribution in [1.82, 2.24) is 0 Å². The van der Waals surface area contributed by atoms with Gasteiger partial charge >= 0.3 is 0 Å². The minimum atomic E-state index is -7.22. The molecular weight excluding hydrogens is 969 g/mol. The van der Waals surface area contributed by atoms with Crippen molar-refractivity contribution in [2.45, 2.75) is 96.8 Å². The lowest BCUT2D eigenvalue weighted by Crippen LogP contribution is -3.03. The fourth-order valence-corrected chi connectivity index (χ4v) is 8.33. The van der Waals surface area contributed by atoms with Gasteiger partial charge in [0.15, 0.2) is 69.8 Å². The number of unbranched alkanes of at least 4 members (excludes halogenated alkanes) is 13. The summed E-state index contributed by atoms with van der Waals surface area (Å²) in [5.41, 5.74) is -12.9. The molecule has 5 aromatic rings. The highest BCUT2D eigenvalue weighted by Crippen LogP contribution is 2.31. The Labute approximate surface area is 383 Å². The van der Waals surface area contributed by atoms with Crippen LogP contribution in [0.5, 0.6) is 0 Å². The normalized spacial score (nSPS) is 12.1. The van der Waals surface area contributed by atoms with Crippen LogP contribution in [0.3, 0.4) is 0 Å². The van der Waals surface area contributed by atoms with Gasteiger partial charge in [-0.3, -0.25) is 0 Å². The van der Waals surface area contributed by atoms with Crippen LogP contribution in [0, 0.1) is 116 Å². The molecule has 22 heteroatoms. The number of rotatable bonds is 20. The van der Waals surface area contributed by atoms with Crippen LogP contribution in [0.4, 0.5) is 93.5 Å². The fraction of sp³-hybridized carbons (Fsp3) is 0.362. The van der Waals surface area contributed by atoms with Crippen molar-refractivity contribution in [3.63, 3.8) is 0 Å². The van der Waals surface area contributed by atoms with Crippen LogP contribution in [0.25, 0.3) is 0 Å². The van der Waals surface area contributed by atoms with E-state index in [0.29, 0.717) is 0 Å². The first-order chi connectivity index (χ1) is 32.5. The van der Waals surface area contributed by atoms with Crippen molar-refractivity contribution in [2.24, 2.45) is 0 Å². The molecule has 0 bridgehead atoms. The van der Waals surface area contributed by atoms with Crippen molar-refractivity contribution >= 4 is 33.7 Å². The molecule has 1 unspecified atom stereocenters. The molecular formula is C47H42BF20N. The molecule has 0 heterocycles. The largest absolute Gasteiger partial charge is 0.305 e. The Balaban J connectivity index is 0.000000365. The molecule has 0 aliphatic heterocycles. The number of para-hydroxylation sites is 1. The summed E-state index contributed by atoms with van der Waals surface area (Å²) in [5, 5.41) is 0. The standard InChI is InChI=1S/C24BF20.C23H41N/c26-5-1(6(27)14(35)21(42)13(5)34)25(2-7(28)15(36)22(43)16(37)8(2)29,3-9(30)17(38)23(44)18(39)10(3)31)4-11(32)19(40)24(45)20(41)12(4)33;1-3-4-5-6-7-8-9-10-11-12-13-14-15-19-22-24(2)23-20-17-16-18-21-23/h;16-18,20-21H,3-15,19,22H2,1-2H3/q-1;/p+1. The van der Waals surface area contributed by atoms with Gasteiger partial charge in [0.25, 0.3) is 0 Å². The molecule has 5 rings (SSSR count). The predicted molar refractivity (Wildman–Crippen MR) is 217 cm³/mol. The molecule has 0 radical (unpaired) electrons. The molecule has 0 aromatic heterocycles. The second-order valence-corrected chi connectivity index (χ2v) is 16.3. The number of halogens is 20. The van der Waals surface area contributed by atoms with Crippen molar-refractivity contribution in [3.05, 3.63) is 147 Å². The fourth-order valence-electron chi connectivity index (χ4n) is 8.33. The molecule has 1 nitrogen and oxygen atoms in total. The Morgan fingerprint density at radius 1 is 0.290 bits per heavy atom. The van der Waals surface area contributed by atoms with Gasteiger partial charge in [-0.25, -0.2) is 87.8 Å². The Hall–Kier alpha value is -5.28. The third-order valence-corrected chi connectivity index (χ3v) is 11.9. The average molecular weight is 1010 g/mol. The number of nitrogens with one attached hydrogen (secondary N) is 1. The first-order valence-corrected chi connectivity index (χ1v) is 21.7. The SMILES string of the molecule is CCCCCCCCCCCCCCCC[NH+](C)c1ccccc1.Fc1c(F)c(F)c([B-](c2c(F)c(F)c(F)c(F)c2F)(c2c(F)c(F)c(F)c(F)c2F)c2c(F)c(F)c(F)c(F)c2F)c(F)c1F. The molecule has 0 saturated heterocycles.